The van der Waals surface area contributed by atoms with Crippen LogP contribution in [0.3, 0.4) is 0 Å². The van der Waals surface area contributed by atoms with Crippen molar-refractivity contribution in [1.29, 1.82) is 0 Å². The van der Waals surface area contributed by atoms with Crippen LogP contribution in [-0.2, 0) is 16.0 Å². The molecule has 0 aliphatic heterocycles. The SMILES string of the molecule is C[C@H](NC(=O)CCC(=O)NCCc1ccc(Cl)cc1)C12CC3CC(CC(C3)C1)C2. The first-order valence-electron chi connectivity index (χ1n) is 11.2. The van der Waals surface area contributed by atoms with Gasteiger partial charge in [0.05, 0.1) is 0 Å². The molecule has 0 spiro atoms. The van der Waals surface area contributed by atoms with Gasteiger partial charge < -0.3 is 10.6 Å². The summed E-state index contributed by atoms with van der Waals surface area (Å²) in [5.41, 5.74) is 1.45. The predicted octanol–water partition coefficient (Wildman–Crippen LogP) is 4.50. The largest absolute Gasteiger partial charge is 0.356 e. The summed E-state index contributed by atoms with van der Waals surface area (Å²) in [5.74, 6) is 2.60. The number of amides is 2. The fraction of sp³-hybridized carbons (Fsp3) is 0.667. The number of hydrogen-bond acceptors (Lipinski definition) is 2. The average Bonchev–Trinajstić information content (AvgIpc) is 2.67. The van der Waals surface area contributed by atoms with E-state index in [4.69, 9.17) is 11.6 Å². The molecule has 0 radical (unpaired) electrons. The van der Waals surface area contributed by atoms with Crippen LogP contribution in [0.5, 0.6) is 0 Å². The third-order valence-corrected chi connectivity index (χ3v) is 7.86. The molecule has 4 saturated carbocycles. The van der Waals surface area contributed by atoms with Gasteiger partial charge in [-0.05, 0) is 92.7 Å². The van der Waals surface area contributed by atoms with Crippen LogP contribution >= 0.6 is 11.6 Å². The van der Waals surface area contributed by atoms with Crippen molar-refractivity contribution in [2.45, 2.75) is 70.8 Å². The Morgan fingerprint density at radius 1 is 1.00 bits per heavy atom. The molecule has 29 heavy (non-hydrogen) atoms. The first kappa shape index (κ1) is 20.7. The monoisotopic (exact) mass is 416 g/mol. The number of halogens is 1. The van der Waals surface area contributed by atoms with Gasteiger partial charge in [0.1, 0.15) is 0 Å². The quantitative estimate of drug-likeness (QED) is 0.655. The van der Waals surface area contributed by atoms with Crippen LogP contribution in [-0.4, -0.2) is 24.4 Å². The molecule has 4 fully saturated rings. The standard InChI is InChI=1S/C24H33ClN2O2/c1-16(24-13-18-10-19(14-24)12-20(11-18)15-24)27-23(29)7-6-22(28)26-9-8-17-2-4-21(25)5-3-17/h2-5,16,18-20H,6-15H2,1H3,(H,26,28)(H,27,29)/t16-,18?,19?,20?,24?/m0/s1. The summed E-state index contributed by atoms with van der Waals surface area (Å²) in [6, 6.07) is 7.86. The zero-order valence-corrected chi connectivity index (χ0v) is 18.1. The summed E-state index contributed by atoms with van der Waals surface area (Å²) in [6.07, 6.45) is 9.37. The van der Waals surface area contributed by atoms with Gasteiger partial charge in [0.2, 0.25) is 11.8 Å². The third-order valence-electron chi connectivity index (χ3n) is 7.61. The Hall–Kier alpha value is -1.55. The van der Waals surface area contributed by atoms with E-state index in [0.29, 0.717) is 17.0 Å². The molecule has 4 aliphatic carbocycles. The van der Waals surface area contributed by atoms with E-state index in [-0.39, 0.29) is 30.7 Å². The Morgan fingerprint density at radius 2 is 1.55 bits per heavy atom. The van der Waals surface area contributed by atoms with E-state index in [2.05, 4.69) is 17.6 Å². The summed E-state index contributed by atoms with van der Waals surface area (Å²) >= 11 is 5.88. The van der Waals surface area contributed by atoms with E-state index < -0.39 is 0 Å². The highest BCUT2D eigenvalue weighted by atomic mass is 35.5. The molecule has 1 atom stereocenters. The summed E-state index contributed by atoms with van der Waals surface area (Å²) in [6.45, 7) is 2.77. The maximum atomic E-state index is 12.5. The van der Waals surface area contributed by atoms with E-state index in [1.165, 1.54) is 38.5 Å². The minimum atomic E-state index is -0.0587. The van der Waals surface area contributed by atoms with E-state index in [0.717, 1.165) is 29.7 Å². The normalized spacial score (nSPS) is 30.8. The van der Waals surface area contributed by atoms with E-state index in [9.17, 15) is 9.59 Å². The smallest absolute Gasteiger partial charge is 0.220 e. The van der Waals surface area contributed by atoms with Gasteiger partial charge in [-0.3, -0.25) is 9.59 Å². The molecule has 4 bridgehead atoms. The number of benzene rings is 1. The Bertz CT molecular complexity index is 710. The first-order valence-corrected chi connectivity index (χ1v) is 11.6. The lowest BCUT2D eigenvalue weighted by atomic mass is 9.48. The van der Waals surface area contributed by atoms with Gasteiger partial charge in [-0.1, -0.05) is 23.7 Å². The second-order valence-electron chi connectivity index (χ2n) is 9.80. The first-order chi connectivity index (χ1) is 13.9. The number of rotatable bonds is 8. The van der Waals surface area contributed by atoms with Crippen LogP contribution in [0.15, 0.2) is 24.3 Å². The van der Waals surface area contributed by atoms with Gasteiger partial charge in [-0.15, -0.1) is 0 Å². The zero-order valence-electron chi connectivity index (χ0n) is 17.4. The van der Waals surface area contributed by atoms with Gasteiger partial charge in [0.25, 0.3) is 0 Å². The molecule has 1 aromatic carbocycles. The van der Waals surface area contributed by atoms with Crippen LogP contribution in [0, 0.1) is 23.2 Å². The van der Waals surface area contributed by atoms with Crippen LogP contribution in [0.1, 0.15) is 63.9 Å². The van der Waals surface area contributed by atoms with E-state index in [1.54, 1.807) is 0 Å². The topological polar surface area (TPSA) is 58.2 Å². The van der Waals surface area contributed by atoms with E-state index in [1.807, 2.05) is 24.3 Å². The number of hydrogen-bond donors (Lipinski definition) is 2. The average molecular weight is 417 g/mol. The summed E-state index contributed by atoms with van der Waals surface area (Å²) in [4.78, 5) is 24.6. The van der Waals surface area contributed by atoms with Gasteiger partial charge in [-0.2, -0.15) is 0 Å². The van der Waals surface area contributed by atoms with Crippen LogP contribution in [0.4, 0.5) is 0 Å². The second-order valence-corrected chi connectivity index (χ2v) is 10.2. The maximum absolute atomic E-state index is 12.5. The molecule has 0 unspecified atom stereocenters. The molecule has 158 valence electrons. The van der Waals surface area contributed by atoms with Crippen LogP contribution < -0.4 is 10.6 Å². The highest BCUT2D eigenvalue weighted by Gasteiger charge is 2.53. The molecule has 1 aromatic rings. The number of nitrogens with one attached hydrogen (secondary N) is 2. The Morgan fingerprint density at radius 3 is 2.14 bits per heavy atom. The molecule has 2 amide bonds. The number of carbonyl (C=O) groups excluding carboxylic acids is 2. The van der Waals surface area contributed by atoms with Crippen molar-refractivity contribution >= 4 is 23.4 Å². The Balaban J connectivity index is 1.17. The summed E-state index contributed by atoms with van der Waals surface area (Å²) < 4.78 is 0. The predicted molar refractivity (Wildman–Crippen MR) is 116 cm³/mol. The van der Waals surface area contributed by atoms with Crippen molar-refractivity contribution < 1.29 is 9.59 Å². The lowest BCUT2D eigenvalue weighted by Gasteiger charge is -2.59. The second kappa shape index (κ2) is 8.67. The van der Waals surface area contributed by atoms with Crippen molar-refractivity contribution in [2.75, 3.05) is 6.54 Å². The molecule has 4 nitrogen and oxygen atoms in total. The molecule has 2 N–H and O–H groups in total. The summed E-state index contributed by atoms with van der Waals surface area (Å²) in [7, 11) is 0. The van der Waals surface area contributed by atoms with Gasteiger partial charge >= 0.3 is 0 Å². The Labute approximate surface area is 179 Å². The molecular weight excluding hydrogens is 384 g/mol. The molecule has 0 saturated heterocycles. The van der Waals surface area contributed by atoms with Crippen LogP contribution in [0.2, 0.25) is 5.02 Å². The summed E-state index contributed by atoms with van der Waals surface area (Å²) in [5, 5.41) is 6.87. The molecular formula is C24H33ClN2O2. The number of carbonyl (C=O) groups is 2. The Kier molecular flexibility index (Phi) is 6.19. The van der Waals surface area contributed by atoms with Gasteiger partial charge in [0.15, 0.2) is 0 Å². The molecule has 4 aliphatic rings. The molecule has 5 heteroatoms. The van der Waals surface area contributed by atoms with E-state index >= 15 is 0 Å². The van der Waals surface area contributed by atoms with Crippen molar-refractivity contribution in [3.63, 3.8) is 0 Å². The fourth-order valence-electron chi connectivity index (χ4n) is 6.49. The highest BCUT2D eigenvalue weighted by Crippen LogP contribution is 2.61. The van der Waals surface area contributed by atoms with Crippen molar-refractivity contribution in [2.24, 2.45) is 23.2 Å². The lowest BCUT2D eigenvalue weighted by Crippen LogP contribution is -2.55. The lowest BCUT2D eigenvalue weighted by molar-refractivity contribution is -0.129. The maximum Gasteiger partial charge on any atom is 0.220 e. The van der Waals surface area contributed by atoms with Crippen molar-refractivity contribution in [1.82, 2.24) is 10.6 Å². The molecule has 0 heterocycles. The fourth-order valence-corrected chi connectivity index (χ4v) is 6.61. The van der Waals surface area contributed by atoms with Crippen molar-refractivity contribution in [3.05, 3.63) is 34.9 Å². The van der Waals surface area contributed by atoms with Gasteiger partial charge in [-0.25, -0.2) is 0 Å². The highest BCUT2D eigenvalue weighted by molar-refractivity contribution is 6.30. The minimum absolute atomic E-state index is 0.0149. The van der Waals surface area contributed by atoms with Crippen molar-refractivity contribution in [3.8, 4) is 0 Å². The molecule has 5 rings (SSSR count). The third kappa shape index (κ3) is 4.96. The van der Waals surface area contributed by atoms with Crippen LogP contribution in [0.25, 0.3) is 0 Å². The van der Waals surface area contributed by atoms with Gasteiger partial charge in [0, 0.05) is 30.5 Å². The zero-order chi connectivity index (χ0) is 20.4. The minimum Gasteiger partial charge on any atom is -0.356 e. The molecule has 0 aromatic heterocycles.